The molecule has 0 saturated carbocycles. The average molecular weight is 319 g/mol. The van der Waals surface area contributed by atoms with Gasteiger partial charge in [0, 0.05) is 16.6 Å². The summed E-state index contributed by atoms with van der Waals surface area (Å²) < 4.78 is 18.0. The second-order valence-corrected chi connectivity index (χ2v) is 5.41. The first-order valence-electron chi connectivity index (χ1n) is 6.53. The Morgan fingerprint density at radius 1 is 1.32 bits per heavy atom. The Kier molecular flexibility index (Phi) is 5.43. The smallest absolute Gasteiger partial charge is 0.331 e. The molecule has 0 aliphatic carbocycles. The molecule has 22 heavy (non-hydrogen) atoms. The van der Waals surface area contributed by atoms with Crippen LogP contribution in [0.2, 0.25) is 0 Å². The Morgan fingerprint density at radius 3 is 2.82 bits per heavy atom. The van der Waals surface area contributed by atoms with Gasteiger partial charge in [-0.05, 0) is 42.6 Å². The highest BCUT2D eigenvalue weighted by Gasteiger charge is 2.16. The van der Waals surface area contributed by atoms with Crippen LogP contribution in [0.1, 0.15) is 11.8 Å². The number of thiophene rings is 1. The average Bonchev–Trinajstić information content (AvgIpc) is 2.98. The van der Waals surface area contributed by atoms with Crippen LogP contribution in [0, 0.1) is 5.82 Å². The number of nitrogens with one attached hydrogen (secondary N) is 1. The number of anilines is 1. The Balaban J connectivity index is 1.87. The van der Waals surface area contributed by atoms with Crippen molar-refractivity contribution in [2.24, 2.45) is 0 Å². The zero-order valence-corrected chi connectivity index (χ0v) is 12.6. The van der Waals surface area contributed by atoms with Gasteiger partial charge in [0.1, 0.15) is 5.82 Å². The first-order valence-corrected chi connectivity index (χ1v) is 7.41. The van der Waals surface area contributed by atoms with Crippen LogP contribution in [0.15, 0.2) is 47.9 Å². The minimum atomic E-state index is -0.983. The van der Waals surface area contributed by atoms with Gasteiger partial charge in [0.2, 0.25) is 0 Å². The Hall–Kier alpha value is -2.47. The molecular weight excluding hydrogens is 305 g/mol. The van der Waals surface area contributed by atoms with E-state index < -0.39 is 23.8 Å². The van der Waals surface area contributed by atoms with Gasteiger partial charge < -0.3 is 10.1 Å². The van der Waals surface area contributed by atoms with E-state index in [1.807, 2.05) is 17.5 Å². The minimum absolute atomic E-state index is 0.307. The molecule has 0 radical (unpaired) electrons. The molecule has 1 heterocycles. The molecule has 0 fully saturated rings. The third kappa shape index (κ3) is 4.82. The number of carbonyl (C=O) groups excluding carboxylic acids is 2. The molecule has 1 amide bonds. The van der Waals surface area contributed by atoms with Gasteiger partial charge in [0.15, 0.2) is 6.10 Å². The summed E-state index contributed by atoms with van der Waals surface area (Å²) in [6.45, 7) is 1.45. The lowest BCUT2D eigenvalue weighted by Crippen LogP contribution is -2.29. The number of carbonyl (C=O) groups is 2. The molecule has 2 aromatic rings. The largest absolute Gasteiger partial charge is 0.449 e. The molecular formula is C16H14FNO3S. The van der Waals surface area contributed by atoms with E-state index in [1.165, 1.54) is 42.5 Å². The number of halogens is 1. The van der Waals surface area contributed by atoms with Crippen molar-refractivity contribution in [2.45, 2.75) is 13.0 Å². The van der Waals surface area contributed by atoms with Crippen molar-refractivity contribution in [2.75, 3.05) is 5.32 Å². The van der Waals surface area contributed by atoms with E-state index in [0.29, 0.717) is 5.69 Å². The monoisotopic (exact) mass is 319 g/mol. The number of ether oxygens (including phenoxy) is 1. The highest BCUT2D eigenvalue weighted by atomic mass is 32.1. The first-order chi connectivity index (χ1) is 10.5. The lowest BCUT2D eigenvalue weighted by Gasteiger charge is -2.12. The fourth-order valence-electron chi connectivity index (χ4n) is 1.61. The second kappa shape index (κ2) is 7.51. The summed E-state index contributed by atoms with van der Waals surface area (Å²) in [5, 5.41) is 4.37. The van der Waals surface area contributed by atoms with Gasteiger partial charge in [-0.3, -0.25) is 4.79 Å². The number of esters is 1. The fourth-order valence-corrected chi connectivity index (χ4v) is 2.23. The number of rotatable bonds is 5. The minimum Gasteiger partial charge on any atom is -0.449 e. The zero-order valence-electron chi connectivity index (χ0n) is 11.8. The quantitative estimate of drug-likeness (QED) is 0.678. The molecule has 0 spiro atoms. The SMILES string of the molecule is C[C@H](OC(=O)/C=C/c1cccs1)C(=O)Nc1cccc(F)c1. The van der Waals surface area contributed by atoms with Gasteiger partial charge in [0.25, 0.3) is 5.91 Å². The van der Waals surface area contributed by atoms with Gasteiger partial charge >= 0.3 is 5.97 Å². The number of amides is 1. The third-order valence-electron chi connectivity index (χ3n) is 2.68. The molecule has 1 aromatic carbocycles. The summed E-state index contributed by atoms with van der Waals surface area (Å²) in [7, 11) is 0. The molecule has 4 nitrogen and oxygen atoms in total. The van der Waals surface area contributed by atoms with Crippen LogP contribution in [-0.4, -0.2) is 18.0 Å². The highest BCUT2D eigenvalue weighted by molar-refractivity contribution is 7.10. The maximum absolute atomic E-state index is 13.0. The van der Waals surface area contributed by atoms with Gasteiger partial charge in [-0.1, -0.05) is 12.1 Å². The second-order valence-electron chi connectivity index (χ2n) is 4.43. The van der Waals surface area contributed by atoms with Crippen LogP contribution in [0.25, 0.3) is 6.08 Å². The fraction of sp³-hybridized carbons (Fsp3) is 0.125. The van der Waals surface area contributed by atoms with E-state index in [0.717, 1.165) is 4.88 Å². The highest BCUT2D eigenvalue weighted by Crippen LogP contribution is 2.11. The summed E-state index contributed by atoms with van der Waals surface area (Å²) in [5.41, 5.74) is 0.307. The lowest BCUT2D eigenvalue weighted by molar-refractivity contribution is -0.148. The predicted molar refractivity (Wildman–Crippen MR) is 83.9 cm³/mol. The van der Waals surface area contributed by atoms with Crippen LogP contribution in [0.5, 0.6) is 0 Å². The standard InChI is InChI=1S/C16H14FNO3S/c1-11(16(20)18-13-5-2-4-12(17)10-13)21-15(19)8-7-14-6-3-9-22-14/h2-11H,1H3,(H,18,20)/b8-7+/t11-/m0/s1. The van der Waals surface area contributed by atoms with Crippen molar-refractivity contribution < 1.29 is 18.7 Å². The van der Waals surface area contributed by atoms with E-state index in [1.54, 1.807) is 12.1 Å². The first kappa shape index (κ1) is 15.9. The number of hydrogen-bond acceptors (Lipinski definition) is 4. The number of benzene rings is 1. The van der Waals surface area contributed by atoms with Crippen molar-refractivity contribution >= 4 is 35.0 Å². The van der Waals surface area contributed by atoms with Crippen LogP contribution < -0.4 is 5.32 Å². The Labute approximate surface area is 131 Å². The van der Waals surface area contributed by atoms with E-state index in [-0.39, 0.29) is 0 Å². The molecule has 0 unspecified atom stereocenters. The molecule has 0 aliphatic heterocycles. The van der Waals surface area contributed by atoms with E-state index in [9.17, 15) is 14.0 Å². The zero-order chi connectivity index (χ0) is 15.9. The molecule has 2 rings (SSSR count). The normalized spacial score (nSPS) is 12.1. The molecule has 114 valence electrons. The molecule has 0 saturated heterocycles. The lowest BCUT2D eigenvalue weighted by atomic mass is 10.3. The molecule has 0 bridgehead atoms. The molecule has 6 heteroatoms. The number of hydrogen-bond donors (Lipinski definition) is 1. The third-order valence-corrected chi connectivity index (χ3v) is 3.52. The van der Waals surface area contributed by atoms with Crippen molar-refractivity contribution in [1.29, 1.82) is 0 Å². The predicted octanol–water partition coefficient (Wildman–Crippen LogP) is 3.47. The van der Waals surface area contributed by atoms with Gasteiger partial charge in [0.05, 0.1) is 0 Å². The van der Waals surface area contributed by atoms with Crippen molar-refractivity contribution in [3.63, 3.8) is 0 Å². The van der Waals surface area contributed by atoms with Crippen molar-refractivity contribution in [3.05, 3.63) is 58.5 Å². The van der Waals surface area contributed by atoms with E-state index in [2.05, 4.69) is 5.32 Å². The van der Waals surface area contributed by atoms with Crippen LogP contribution in [0.4, 0.5) is 10.1 Å². The molecule has 1 aromatic heterocycles. The summed E-state index contributed by atoms with van der Waals surface area (Å²) in [5.74, 6) is -1.60. The maximum atomic E-state index is 13.0. The van der Waals surface area contributed by atoms with Gasteiger partial charge in [-0.15, -0.1) is 11.3 Å². The van der Waals surface area contributed by atoms with Gasteiger partial charge in [-0.25, -0.2) is 9.18 Å². The molecule has 1 N–H and O–H groups in total. The summed E-state index contributed by atoms with van der Waals surface area (Å²) >= 11 is 1.48. The van der Waals surface area contributed by atoms with Crippen LogP contribution >= 0.6 is 11.3 Å². The van der Waals surface area contributed by atoms with Crippen molar-refractivity contribution in [3.8, 4) is 0 Å². The van der Waals surface area contributed by atoms with Crippen LogP contribution in [-0.2, 0) is 14.3 Å². The van der Waals surface area contributed by atoms with Crippen LogP contribution in [0.3, 0.4) is 0 Å². The molecule has 0 aliphatic rings. The topological polar surface area (TPSA) is 55.4 Å². The van der Waals surface area contributed by atoms with E-state index in [4.69, 9.17) is 4.74 Å². The summed E-state index contributed by atoms with van der Waals surface area (Å²) in [6, 6.07) is 9.20. The van der Waals surface area contributed by atoms with Gasteiger partial charge in [-0.2, -0.15) is 0 Å². The molecule has 1 atom stereocenters. The van der Waals surface area contributed by atoms with Crippen molar-refractivity contribution in [1.82, 2.24) is 0 Å². The Morgan fingerprint density at radius 2 is 2.14 bits per heavy atom. The summed E-state index contributed by atoms with van der Waals surface area (Å²) in [6.07, 6.45) is 1.89. The Bertz CT molecular complexity index is 682. The summed E-state index contributed by atoms with van der Waals surface area (Å²) in [4.78, 5) is 24.4. The maximum Gasteiger partial charge on any atom is 0.331 e. The van der Waals surface area contributed by atoms with E-state index >= 15 is 0 Å².